The molecule has 7 amide bonds. The maximum Gasteiger partial charge on any atom is 0.326 e. The van der Waals surface area contributed by atoms with Crippen LogP contribution in [0.4, 0.5) is 0 Å². The average molecular weight is 816 g/mol. The van der Waals surface area contributed by atoms with Crippen LogP contribution in [0.25, 0.3) is 0 Å². The Hall–Kier alpha value is -5.62. The van der Waals surface area contributed by atoms with Gasteiger partial charge in [0.2, 0.25) is 41.4 Å². The molecule has 1 rings (SSSR count). The molecule has 1 heterocycles. The first-order valence-corrected chi connectivity index (χ1v) is 18.2. The minimum absolute atomic E-state index is 0.00246. The van der Waals surface area contributed by atoms with Crippen molar-refractivity contribution in [1.29, 1.82) is 0 Å². The molecule has 24 heteroatoms. The van der Waals surface area contributed by atoms with Gasteiger partial charge in [0.15, 0.2) is 5.96 Å². The number of aliphatic hydroxyl groups is 2. The van der Waals surface area contributed by atoms with Gasteiger partial charge in [-0.05, 0) is 51.9 Å². The van der Waals surface area contributed by atoms with Crippen LogP contribution in [0.1, 0.15) is 66.2 Å². The number of carbonyl (C=O) groups is 9. The third-order valence-corrected chi connectivity index (χ3v) is 8.75. The number of nitrogens with one attached hydrogen (secondary N) is 6. The standard InChI is InChI=1S/C33H57N11O13/c1-15(2)24(34)29(53)41-18(7-5-11-37-33(35)36)27(51)43-25(17(4)46)30(54)42-20(14-45)31(55)44-12-6-8-21(44)28(52)39-16(3)26(50)38-13-22(47)40-19(32(56)57)9-10-23(48)49/h15-21,24-25,45-46H,5-14,34H2,1-4H3,(H,38,50)(H,39,52)(H,40,47)(H,41,53)(H,42,54)(H,43,51)(H,48,49)(H,56,57)(H4,35,36,37). The van der Waals surface area contributed by atoms with E-state index in [-0.39, 0.29) is 44.2 Å². The Morgan fingerprint density at radius 1 is 0.807 bits per heavy atom. The van der Waals surface area contributed by atoms with Gasteiger partial charge in [-0.3, -0.25) is 43.3 Å². The maximum atomic E-state index is 13.5. The van der Waals surface area contributed by atoms with Gasteiger partial charge in [0.1, 0.15) is 36.3 Å². The molecule has 0 aromatic heterocycles. The summed E-state index contributed by atoms with van der Waals surface area (Å²) in [6.07, 6.45) is -1.78. The lowest BCUT2D eigenvalue weighted by Crippen LogP contribution is -2.62. The number of aliphatic hydroxyl groups excluding tert-OH is 2. The minimum Gasteiger partial charge on any atom is -0.481 e. The van der Waals surface area contributed by atoms with E-state index >= 15 is 0 Å². The van der Waals surface area contributed by atoms with Crippen LogP contribution in [0, 0.1) is 5.92 Å². The fraction of sp³-hybridized carbons (Fsp3) is 0.697. The van der Waals surface area contributed by atoms with Crippen molar-refractivity contribution in [2.24, 2.45) is 28.1 Å². The van der Waals surface area contributed by atoms with Crippen LogP contribution in [0.15, 0.2) is 4.99 Å². The van der Waals surface area contributed by atoms with Crippen molar-refractivity contribution in [3.8, 4) is 0 Å². The molecule has 57 heavy (non-hydrogen) atoms. The highest BCUT2D eigenvalue weighted by Gasteiger charge is 2.40. The summed E-state index contributed by atoms with van der Waals surface area (Å²) in [4.78, 5) is 118. The summed E-state index contributed by atoms with van der Waals surface area (Å²) < 4.78 is 0. The molecule has 8 unspecified atom stereocenters. The van der Waals surface area contributed by atoms with E-state index in [1.807, 2.05) is 0 Å². The third kappa shape index (κ3) is 17.0. The van der Waals surface area contributed by atoms with Gasteiger partial charge in [-0.25, -0.2) is 4.79 Å². The molecule has 16 N–H and O–H groups in total. The Morgan fingerprint density at radius 2 is 1.44 bits per heavy atom. The van der Waals surface area contributed by atoms with Crippen molar-refractivity contribution < 1.29 is 63.6 Å². The first-order chi connectivity index (χ1) is 26.6. The van der Waals surface area contributed by atoms with E-state index in [1.54, 1.807) is 13.8 Å². The monoisotopic (exact) mass is 815 g/mol. The van der Waals surface area contributed by atoms with Crippen LogP contribution in [0.2, 0.25) is 0 Å². The summed E-state index contributed by atoms with van der Waals surface area (Å²) in [5.41, 5.74) is 16.6. The third-order valence-electron chi connectivity index (χ3n) is 8.75. The maximum absolute atomic E-state index is 13.5. The Balaban J connectivity index is 2.95. The van der Waals surface area contributed by atoms with Crippen molar-refractivity contribution in [1.82, 2.24) is 36.8 Å². The summed E-state index contributed by atoms with van der Waals surface area (Å²) in [6.45, 7) is 4.33. The second kappa shape index (κ2) is 24.1. The number of guanidine groups is 1. The van der Waals surface area contributed by atoms with Crippen LogP contribution in [0.3, 0.4) is 0 Å². The highest BCUT2D eigenvalue weighted by atomic mass is 16.4. The van der Waals surface area contributed by atoms with Gasteiger partial charge >= 0.3 is 11.9 Å². The second-order valence-corrected chi connectivity index (χ2v) is 13.8. The van der Waals surface area contributed by atoms with Crippen LogP contribution >= 0.6 is 0 Å². The fourth-order valence-electron chi connectivity index (χ4n) is 5.42. The van der Waals surface area contributed by atoms with Crippen molar-refractivity contribution >= 4 is 59.2 Å². The number of nitrogens with zero attached hydrogens (tertiary/aromatic N) is 2. The molecule has 8 atom stereocenters. The van der Waals surface area contributed by atoms with Crippen LogP contribution < -0.4 is 49.1 Å². The van der Waals surface area contributed by atoms with Gasteiger partial charge in [-0.2, -0.15) is 0 Å². The molecule has 0 aliphatic carbocycles. The summed E-state index contributed by atoms with van der Waals surface area (Å²) in [7, 11) is 0. The van der Waals surface area contributed by atoms with Crippen molar-refractivity contribution in [3.63, 3.8) is 0 Å². The quantitative estimate of drug-likeness (QED) is 0.0245. The Labute approximate surface area is 328 Å². The molecule has 1 fully saturated rings. The highest BCUT2D eigenvalue weighted by molar-refractivity contribution is 5.97. The fourth-order valence-corrected chi connectivity index (χ4v) is 5.42. The molecule has 24 nitrogen and oxygen atoms in total. The van der Waals surface area contributed by atoms with Gasteiger partial charge in [0.25, 0.3) is 0 Å². The SMILES string of the molecule is CC(NC(=O)C1CCCN1C(=O)C(CO)NC(=O)C(NC(=O)C(CCCN=C(N)N)NC(=O)C(N)C(C)C)C(C)O)C(=O)NCC(=O)NC(CCC(=O)O)C(=O)O. The normalized spacial score (nSPS) is 17.3. The van der Waals surface area contributed by atoms with Crippen LogP contribution in [0.5, 0.6) is 0 Å². The lowest BCUT2D eigenvalue weighted by Gasteiger charge is -2.30. The molecule has 0 spiro atoms. The number of hydrogen-bond donors (Lipinski definition) is 13. The summed E-state index contributed by atoms with van der Waals surface area (Å²) in [5, 5.41) is 52.4. The van der Waals surface area contributed by atoms with Crippen molar-refractivity contribution in [2.75, 3.05) is 26.2 Å². The molecular weight excluding hydrogens is 758 g/mol. The molecule has 1 aliphatic heterocycles. The van der Waals surface area contributed by atoms with E-state index in [4.69, 9.17) is 22.3 Å². The van der Waals surface area contributed by atoms with E-state index in [2.05, 4.69) is 36.9 Å². The first-order valence-electron chi connectivity index (χ1n) is 18.2. The first kappa shape index (κ1) is 49.4. The van der Waals surface area contributed by atoms with Gasteiger partial charge in [0.05, 0.1) is 25.3 Å². The van der Waals surface area contributed by atoms with E-state index in [9.17, 15) is 58.5 Å². The largest absolute Gasteiger partial charge is 0.481 e. The lowest BCUT2D eigenvalue weighted by atomic mass is 10.0. The lowest BCUT2D eigenvalue weighted by molar-refractivity contribution is -0.143. The van der Waals surface area contributed by atoms with E-state index in [0.29, 0.717) is 6.42 Å². The molecule has 0 saturated carbocycles. The zero-order chi connectivity index (χ0) is 43.6. The second-order valence-electron chi connectivity index (χ2n) is 13.8. The van der Waals surface area contributed by atoms with Crippen molar-refractivity contribution in [3.05, 3.63) is 0 Å². The van der Waals surface area contributed by atoms with Crippen LogP contribution in [-0.4, -0.2) is 159 Å². The summed E-state index contributed by atoms with van der Waals surface area (Å²) in [5.74, 6) is -9.29. The zero-order valence-corrected chi connectivity index (χ0v) is 32.4. The molecule has 0 bridgehead atoms. The smallest absolute Gasteiger partial charge is 0.326 e. The molecule has 1 aliphatic rings. The van der Waals surface area contributed by atoms with E-state index < -0.39 is 128 Å². The average Bonchev–Trinajstić information content (AvgIpc) is 3.63. The number of carbonyl (C=O) groups excluding carboxylic acids is 7. The number of aliphatic carboxylic acids is 2. The summed E-state index contributed by atoms with van der Waals surface area (Å²) in [6, 6.07) is -9.47. The topological polar surface area (TPSA) is 400 Å². The molecule has 0 aromatic rings. The van der Waals surface area contributed by atoms with Gasteiger partial charge < -0.3 is 74.4 Å². The molecule has 322 valence electrons. The number of nitrogens with two attached hydrogens (primary N) is 3. The Kier molecular flexibility index (Phi) is 20.9. The van der Waals surface area contributed by atoms with Gasteiger partial charge in [-0.15, -0.1) is 0 Å². The van der Waals surface area contributed by atoms with Crippen molar-refractivity contribution in [2.45, 2.75) is 115 Å². The number of amides is 7. The molecular formula is C33H57N11O13. The van der Waals surface area contributed by atoms with Gasteiger partial charge in [0, 0.05) is 19.5 Å². The molecule has 0 radical (unpaired) electrons. The number of carboxylic acids is 2. The Morgan fingerprint density at radius 3 is 1.98 bits per heavy atom. The Bertz CT molecular complexity index is 1490. The van der Waals surface area contributed by atoms with E-state index in [1.165, 1.54) is 13.8 Å². The number of carboxylic acid groups (broad SMARTS) is 2. The number of hydrogen-bond acceptors (Lipinski definition) is 13. The number of likely N-dealkylation sites (tertiary alicyclic amines) is 1. The van der Waals surface area contributed by atoms with E-state index in [0.717, 1.165) is 4.90 Å². The molecule has 1 saturated heterocycles. The molecule has 0 aromatic carbocycles. The summed E-state index contributed by atoms with van der Waals surface area (Å²) >= 11 is 0. The zero-order valence-electron chi connectivity index (χ0n) is 32.4. The predicted molar refractivity (Wildman–Crippen MR) is 199 cm³/mol. The minimum atomic E-state index is -1.69. The predicted octanol–water partition coefficient (Wildman–Crippen LogP) is -6.10. The number of aliphatic imine (C=N–C) groups is 1. The van der Waals surface area contributed by atoms with Gasteiger partial charge in [-0.1, -0.05) is 13.8 Å². The number of rotatable bonds is 24. The van der Waals surface area contributed by atoms with Crippen LogP contribution in [-0.2, 0) is 43.2 Å². The highest BCUT2D eigenvalue weighted by Crippen LogP contribution is 2.19.